The van der Waals surface area contributed by atoms with Gasteiger partial charge in [0.1, 0.15) is 0 Å². The number of alkyl halides is 1. The Labute approximate surface area is 101 Å². The molecule has 1 aromatic rings. The molecular formula is C10H11BrN2O3. The predicted molar refractivity (Wildman–Crippen MR) is 63.4 cm³/mol. The van der Waals surface area contributed by atoms with Crippen molar-refractivity contribution in [3.8, 4) is 0 Å². The number of nitro groups is 1. The predicted octanol–water partition coefficient (Wildman–Crippen LogP) is 1.69. The Morgan fingerprint density at radius 1 is 1.62 bits per heavy atom. The molecule has 0 radical (unpaired) electrons. The number of amides is 1. The highest BCUT2D eigenvalue weighted by atomic mass is 79.9. The third-order valence-electron chi connectivity index (χ3n) is 2.27. The van der Waals surface area contributed by atoms with Gasteiger partial charge in [0.15, 0.2) is 0 Å². The molecule has 2 N–H and O–H groups in total. The van der Waals surface area contributed by atoms with Gasteiger partial charge in [-0.15, -0.1) is 0 Å². The molecule has 1 rings (SSSR count). The first kappa shape index (κ1) is 12.6. The van der Waals surface area contributed by atoms with Gasteiger partial charge in [0.05, 0.1) is 9.75 Å². The van der Waals surface area contributed by atoms with E-state index in [1.165, 1.54) is 6.07 Å². The van der Waals surface area contributed by atoms with Gasteiger partial charge in [0, 0.05) is 18.1 Å². The lowest BCUT2D eigenvalue weighted by molar-refractivity contribution is -0.385. The lowest BCUT2D eigenvalue weighted by Gasteiger charge is -2.09. The van der Waals surface area contributed by atoms with Crippen LogP contribution in [-0.2, 0) is 11.2 Å². The summed E-state index contributed by atoms with van der Waals surface area (Å²) in [5.41, 5.74) is 6.44. The molecule has 0 saturated carbocycles. The number of halogens is 1. The number of nitrogens with two attached hydrogens (primary N) is 1. The van der Waals surface area contributed by atoms with E-state index in [1.807, 2.05) is 0 Å². The molecule has 0 heterocycles. The monoisotopic (exact) mass is 286 g/mol. The van der Waals surface area contributed by atoms with Crippen molar-refractivity contribution in [2.75, 3.05) is 0 Å². The molecule has 1 aromatic carbocycles. The fourth-order valence-corrected chi connectivity index (χ4v) is 1.73. The number of hydrogen-bond donors (Lipinski definition) is 1. The largest absolute Gasteiger partial charge is 0.369 e. The third kappa shape index (κ3) is 2.79. The summed E-state index contributed by atoms with van der Waals surface area (Å²) in [4.78, 5) is 20.7. The molecule has 0 aliphatic heterocycles. The van der Waals surface area contributed by atoms with E-state index in [-0.39, 0.29) is 12.1 Å². The van der Waals surface area contributed by atoms with E-state index < -0.39 is 15.7 Å². The van der Waals surface area contributed by atoms with Gasteiger partial charge in [-0.1, -0.05) is 28.1 Å². The molecule has 1 amide bonds. The number of carbonyl (C=O) groups is 1. The molecule has 86 valence electrons. The van der Waals surface area contributed by atoms with Gasteiger partial charge >= 0.3 is 0 Å². The Kier molecular flexibility index (Phi) is 4.00. The minimum absolute atomic E-state index is 0.0192. The molecule has 0 aliphatic rings. The van der Waals surface area contributed by atoms with Gasteiger partial charge in [-0.25, -0.2) is 0 Å². The maximum atomic E-state index is 10.9. The second-order valence-corrected chi connectivity index (χ2v) is 4.51. The number of carbonyl (C=O) groups excluding carboxylic acids is 1. The highest BCUT2D eigenvalue weighted by Crippen LogP contribution is 2.24. The first-order valence-electron chi connectivity index (χ1n) is 4.59. The van der Waals surface area contributed by atoms with Gasteiger partial charge < -0.3 is 5.73 Å². The van der Waals surface area contributed by atoms with Crippen LogP contribution in [0.5, 0.6) is 0 Å². The molecule has 0 aliphatic carbocycles. The van der Waals surface area contributed by atoms with Gasteiger partial charge in [-0.2, -0.15) is 0 Å². The van der Waals surface area contributed by atoms with Crippen molar-refractivity contribution in [1.29, 1.82) is 0 Å². The molecule has 0 aromatic heterocycles. The second kappa shape index (κ2) is 5.07. The van der Waals surface area contributed by atoms with Crippen molar-refractivity contribution >= 4 is 27.5 Å². The lowest BCUT2D eigenvalue weighted by atomic mass is 10.0. The fourth-order valence-electron chi connectivity index (χ4n) is 1.40. The SMILES string of the molecule is Cc1cccc([N+](=O)[O-])c1CC(Br)C(N)=O. The average molecular weight is 287 g/mol. The highest BCUT2D eigenvalue weighted by molar-refractivity contribution is 9.10. The number of hydrogen-bond acceptors (Lipinski definition) is 3. The number of nitrogens with zero attached hydrogens (tertiary/aromatic N) is 1. The fraction of sp³-hybridized carbons (Fsp3) is 0.300. The van der Waals surface area contributed by atoms with Gasteiger partial charge in [-0.3, -0.25) is 14.9 Å². The van der Waals surface area contributed by atoms with Crippen LogP contribution in [0, 0.1) is 17.0 Å². The maximum absolute atomic E-state index is 10.9. The van der Waals surface area contributed by atoms with Crippen LogP contribution in [-0.4, -0.2) is 15.7 Å². The zero-order chi connectivity index (χ0) is 12.3. The molecule has 0 bridgehead atoms. The van der Waals surface area contributed by atoms with E-state index >= 15 is 0 Å². The Morgan fingerprint density at radius 3 is 2.75 bits per heavy atom. The number of primary amides is 1. The smallest absolute Gasteiger partial charge is 0.272 e. The van der Waals surface area contributed by atoms with Crippen molar-refractivity contribution in [2.45, 2.75) is 18.2 Å². The quantitative estimate of drug-likeness (QED) is 0.519. The maximum Gasteiger partial charge on any atom is 0.272 e. The zero-order valence-electron chi connectivity index (χ0n) is 8.64. The van der Waals surface area contributed by atoms with E-state index in [1.54, 1.807) is 19.1 Å². The summed E-state index contributed by atoms with van der Waals surface area (Å²) in [5.74, 6) is -0.530. The van der Waals surface area contributed by atoms with E-state index in [2.05, 4.69) is 15.9 Å². The van der Waals surface area contributed by atoms with Crippen LogP contribution >= 0.6 is 15.9 Å². The molecule has 1 atom stereocenters. The standard InChI is InChI=1S/C10H11BrN2O3/c1-6-3-2-4-9(13(15)16)7(6)5-8(11)10(12)14/h2-4,8H,5H2,1H3,(H2,12,14). The van der Waals surface area contributed by atoms with Crippen LogP contribution in [0.3, 0.4) is 0 Å². The first-order valence-corrected chi connectivity index (χ1v) is 5.51. The van der Waals surface area contributed by atoms with Gasteiger partial charge in [-0.05, 0) is 12.5 Å². The van der Waals surface area contributed by atoms with Crippen LogP contribution < -0.4 is 5.73 Å². The van der Waals surface area contributed by atoms with Crippen LogP contribution in [0.4, 0.5) is 5.69 Å². The molecule has 0 spiro atoms. The summed E-state index contributed by atoms with van der Waals surface area (Å²) < 4.78 is 0. The van der Waals surface area contributed by atoms with Crippen molar-refractivity contribution in [1.82, 2.24) is 0 Å². The topological polar surface area (TPSA) is 86.2 Å². The minimum Gasteiger partial charge on any atom is -0.369 e. The van der Waals surface area contributed by atoms with Crippen molar-refractivity contribution in [2.24, 2.45) is 5.73 Å². The van der Waals surface area contributed by atoms with Gasteiger partial charge in [0.2, 0.25) is 5.91 Å². The number of aryl methyl sites for hydroxylation is 1. The van der Waals surface area contributed by atoms with Crippen LogP contribution in [0.2, 0.25) is 0 Å². The molecule has 1 unspecified atom stereocenters. The molecule has 0 saturated heterocycles. The van der Waals surface area contributed by atoms with E-state index in [4.69, 9.17) is 5.73 Å². The summed E-state index contributed by atoms with van der Waals surface area (Å²) in [6.07, 6.45) is 0.221. The van der Waals surface area contributed by atoms with Gasteiger partial charge in [0.25, 0.3) is 5.69 Å². The molecule has 0 fully saturated rings. The van der Waals surface area contributed by atoms with E-state index in [0.717, 1.165) is 5.56 Å². The van der Waals surface area contributed by atoms with Crippen LogP contribution in [0.1, 0.15) is 11.1 Å². The molecule has 16 heavy (non-hydrogen) atoms. The Morgan fingerprint density at radius 2 is 2.25 bits per heavy atom. The zero-order valence-corrected chi connectivity index (χ0v) is 10.2. The highest BCUT2D eigenvalue weighted by Gasteiger charge is 2.20. The van der Waals surface area contributed by atoms with E-state index in [0.29, 0.717) is 5.56 Å². The number of nitro benzene ring substituents is 1. The summed E-state index contributed by atoms with van der Waals surface area (Å²) in [6.45, 7) is 1.77. The Bertz CT molecular complexity index is 434. The van der Waals surface area contributed by atoms with Crippen molar-refractivity contribution < 1.29 is 9.72 Å². The molecular weight excluding hydrogens is 276 g/mol. The summed E-state index contributed by atoms with van der Waals surface area (Å²) >= 11 is 3.10. The third-order valence-corrected chi connectivity index (χ3v) is 3.05. The van der Waals surface area contributed by atoms with Crippen molar-refractivity contribution in [3.63, 3.8) is 0 Å². The Hall–Kier alpha value is -1.43. The summed E-state index contributed by atoms with van der Waals surface area (Å²) in [7, 11) is 0. The van der Waals surface area contributed by atoms with E-state index in [9.17, 15) is 14.9 Å². The average Bonchev–Trinajstić information content (AvgIpc) is 2.20. The first-order chi connectivity index (χ1) is 7.43. The second-order valence-electron chi connectivity index (χ2n) is 3.40. The summed E-state index contributed by atoms with van der Waals surface area (Å²) in [5, 5.41) is 10.8. The lowest BCUT2D eigenvalue weighted by Crippen LogP contribution is -2.25. The van der Waals surface area contributed by atoms with Crippen LogP contribution in [0.25, 0.3) is 0 Å². The normalized spacial score (nSPS) is 12.1. The summed E-state index contributed by atoms with van der Waals surface area (Å²) in [6, 6.07) is 4.80. The van der Waals surface area contributed by atoms with Crippen LogP contribution in [0.15, 0.2) is 18.2 Å². The number of rotatable bonds is 4. The number of benzene rings is 1. The minimum atomic E-state index is -0.590. The molecule has 6 heteroatoms. The Balaban J connectivity index is 3.11. The molecule has 5 nitrogen and oxygen atoms in total. The van der Waals surface area contributed by atoms with Crippen molar-refractivity contribution in [3.05, 3.63) is 39.4 Å².